The second-order valence-corrected chi connectivity index (χ2v) is 9.38. The number of aliphatic hydroxyl groups excluding tert-OH is 2. The molecule has 3 atom stereocenters. The number of allylic oxidation sites excluding steroid dienone is 2. The highest BCUT2D eigenvalue weighted by Gasteiger charge is 2.27. The molecule has 0 radical (unpaired) electrons. The Morgan fingerprint density at radius 3 is 1.82 bits per heavy atom. The maximum absolute atomic E-state index is 11.9. The van der Waals surface area contributed by atoms with E-state index in [9.17, 15) is 24.2 Å². The minimum atomic E-state index is -4.58. The van der Waals surface area contributed by atoms with Crippen molar-refractivity contribution < 1.29 is 47.8 Å². The molecule has 0 aromatic carbocycles. The Kier molecular flexibility index (Phi) is 20.2. The van der Waals surface area contributed by atoms with Crippen molar-refractivity contribution in [2.24, 2.45) is 0 Å². The molecule has 0 heterocycles. The van der Waals surface area contributed by atoms with Gasteiger partial charge in [0, 0.05) is 12.8 Å². The van der Waals surface area contributed by atoms with E-state index in [2.05, 4.69) is 19.1 Å². The molecule has 3 unspecified atom stereocenters. The lowest BCUT2D eigenvalue weighted by molar-refractivity contribution is -0.153. The zero-order chi connectivity index (χ0) is 25.7. The van der Waals surface area contributed by atoms with Crippen LogP contribution >= 0.6 is 7.82 Å². The van der Waals surface area contributed by atoms with Crippen LogP contribution in [-0.4, -0.2) is 65.7 Å². The van der Waals surface area contributed by atoms with Crippen LogP contribution in [0.5, 0.6) is 0 Å². The van der Waals surface area contributed by atoms with Crippen LogP contribution in [-0.2, 0) is 32.7 Å². The molecular weight excluding hydrogens is 467 g/mol. The summed E-state index contributed by atoms with van der Waals surface area (Å²) in [6.07, 6.45) is 11.9. The molecule has 0 spiro atoms. The van der Waals surface area contributed by atoms with Gasteiger partial charge in [0.1, 0.15) is 12.2 Å². The Labute approximate surface area is 203 Å². The van der Waals surface area contributed by atoms with E-state index in [1.807, 2.05) is 0 Å². The first-order chi connectivity index (χ1) is 16.3. The fraction of sp³-hybridized carbons (Fsp3) is 0.826. The number of carbonyl (C=O) groups is 2. The van der Waals surface area contributed by atoms with Crippen molar-refractivity contribution in [3.8, 4) is 0 Å². The molecule has 0 fully saturated rings. The van der Waals surface area contributed by atoms with E-state index in [1.165, 1.54) is 12.8 Å². The molecular formula is C23H43O10P. The van der Waals surface area contributed by atoms with Crippen molar-refractivity contribution in [3.63, 3.8) is 0 Å². The van der Waals surface area contributed by atoms with Crippen LogP contribution in [0, 0.1) is 0 Å². The van der Waals surface area contributed by atoms with Crippen LogP contribution in [0.25, 0.3) is 0 Å². The van der Waals surface area contributed by atoms with Crippen molar-refractivity contribution in [2.45, 2.75) is 96.7 Å². The lowest BCUT2D eigenvalue weighted by atomic mass is 10.1. The van der Waals surface area contributed by atoms with Crippen LogP contribution in [0.3, 0.4) is 0 Å². The SMILES string of the molecule is CCCC/C=C\CCCCCCCC(=O)OC(CO)COP(=O)(O)OCC(CO)OC(=O)CC. The zero-order valence-electron chi connectivity index (χ0n) is 20.6. The number of unbranched alkanes of at least 4 members (excludes halogenated alkanes) is 7. The highest BCUT2D eigenvalue weighted by molar-refractivity contribution is 7.47. The summed E-state index contributed by atoms with van der Waals surface area (Å²) >= 11 is 0. The van der Waals surface area contributed by atoms with E-state index in [1.54, 1.807) is 6.92 Å². The Balaban J connectivity index is 4.03. The Bertz CT molecular complexity index is 611. The third-order valence-corrected chi connectivity index (χ3v) is 5.73. The molecule has 0 rings (SSSR count). The Morgan fingerprint density at radius 2 is 1.29 bits per heavy atom. The molecule has 0 aromatic rings. The van der Waals surface area contributed by atoms with Crippen molar-refractivity contribution in [1.29, 1.82) is 0 Å². The molecule has 0 saturated carbocycles. The average Bonchev–Trinajstić information content (AvgIpc) is 2.82. The van der Waals surface area contributed by atoms with Crippen molar-refractivity contribution in [2.75, 3.05) is 26.4 Å². The summed E-state index contributed by atoms with van der Waals surface area (Å²) in [6, 6.07) is 0. The van der Waals surface area contributed by atoms with E-state index in [4.69, 9.17) is 23.6 Å². The molecule has 0 aliphatic carbocycles. The summed E-state index contributed by atoms with van der Waals surface area (Å²) in [4.78, 5) is 32.9. The summed E-state index contributed by atoms with van der Waals surface area (Å²) in [5.41, 5.74) is 0. The molecule has 34 heavy (non-hydrogen) atoms. The van der Waals surface area contributed by atoms with Gasteiger partial charge < -0.3 is 24.6 Å². The van der Waals surface area contributed by atoms with Crippen LogP contribution in [0.15, 0.2) is 12.2 Å². The molecule has 0 aromatic heterocycles. The van der Waals surface area contributed by atoms with Gasteiger partial charge in [-0.15, -0.1) is 0 Å². The molecule has 0 saturated heterocycles. The summed E-state index contributed by atoms with van der Waals surface area (Å²) < 4.78 is 31.3. The lowest BCUT2D eigenvalue weighted by Crippen LogP contribution is -2.28. The standard InChI is InChI=1S/C23H43O10P/c1-3-5-6-7-8-9-10-11-12-13-14-15-23(27)33-21(17-25)19-31-34(28,29)30-18-20(16-24)32-22(26)4-2/h7-8,20-21,24-25H,3-6,9-19H2,1-2H3,(H,28,29)/b8-7-. The van der Waals surface area contributed by atoms with Crippen molar-refractivity contribution >= 4 is 19.8 Å². The van der Waals surface area contributed by atoms with Crippen LogP contribution in [0.4, 0.5) is 0 Å². The minimum absolute atomic E-state index is 0.0735. The van der Waals surface area contributed by atoms with Crippen LogP contribution in [0.2, 0.25) is 0 Å². The highest BCUT2D eigenvalue weighted by atomic mass is 31.2. The summed E-state index contributed by atoms with van der Waals surface area (Å²) in [5.74, 6) is -1.12. The van der Waals surface area contributed by atoms with Gasteiger partial charge in [0.05, 0.1) is 26.4 Å². The quantitative estimate of drug-likeness (QED) is 0.0849. The lowest BCUT2D eigenvalue weighted by Gasteiger charge is -2.20. The van der Waals surface area contributed by atoms with E-state index in [0.717, 1.165) is 38.5 Å². The molecule has 0 aliphatic heterocycles. The predicted molar refractivity (Wildman–Crippen MR) is 127 cm³/mol. The van der Waals surface area contributed by atoms with Gasteiger partial charge >= 0.3 is 19.8 Å². The van der Waals surface area contributed by atoms with E-state index >= 15 is 0 Å². The number of hydrogen-bond donors (Lipinski definition) is 3. The smallest absolute Gasteiger partial charge is 0.457 e. The molecule has 200 valence electrons. The fourth-order valence-corrected chi connectivity index (χ4v) is 3.56. The number of hydrogen-bond acceptors (Lipinski definition) is 9. The average molecular weight is 511 g/mol. The van der Waals surface area contributed by atoms with E-state index < -0.39 is 58.4 Å². The van der Waals surface area contributed by atoms with Crippen LogP contribution in [0.1, 0.15) is 84.5 Å². The first-order valence-electron chi connectivity index (χ1n) is 12.1. The number of phosphoric acid groups is 1. The second-order valence-electron chi connectivity index (χ2n) is 7.92. The Hall–Kier alpha value is -1.29. The van der Waals surface area contributed by atoms with Gasteiger partial charge in [-0.3, -0.25) is 18.6 Å². The largest absolute Gasteiger partial charge is 0.472 e. The normalized spacial score (nSPS) is 15.1. The number of esters is 2. The second kappa shape index (κ2) is 21.0. The highest BCUT2D eigenvalue weighted by Crippen LogP contribution is 2.43. The van der Waals surface area contributed by atoms with Crippen molar-refractivity contribution in [3.05, 3.63) is 12.2 Å². The molecule has 0 amide bonds. The number of aliphatic hydroxyl groups is 2. The molecule has 10 nitrogen and oxygen atoms in total. The van der Waals surface area contributed by atoms with Gasteiger partial charge in [-0.1, -0.05) is 58.1 Å². The Morgan fingerprint density at radius 1 is 0.794 bits per heavy atom. The van der Waals surface area contributed by atoms with E-state index in [0.29, 0.717) is 6.42 Å². The summed E-state index contributed by atoms with van der Waals surface area (Å²) in [7, 11) is -4.58. The number of ether oxygens (including phenoxy) is 2. The predicted octanol–water partition coefficient (Wildman–Crippen LogP) is 3.82. The molecule has 3 N–H and O–H groups in total. The molecule has 0 bridgehead atoms. The van der Waals surface area contributed by atoms with Gasteiger partial charge in [-0.2, -0.15) is 0 Å². The third-order valence-electron chi connectivity index (χ3n) is 4.78. The summed E-state index contributed by atoms with van der Waals surface area (Å²) in [5, 5.41) is 18.5. The zero-order valence-corrected chi connectivity index (χ0v) is 21.5. The molecule has 0 aliphatic rings. The van der Waals surface area contributed by atoms with Gasteiger partial charge in [0.15, 0.2) is 0 Å². The minimum Gasteiger partial charge on any atom is -0.457 e. The van der Waals surface area contributed by atoms with Gasteiger partial charge in [0.25, 0.3) is 0 Å². The van der Waals surface area contributed by atoms with E-state index in [-0.39, 0.29) is 12.8 Å². The van der Waals surface area contributed by atoms with Gasteiger partial charge in [-0.05, 0) is 25.7 Å². The first-order valence-corrected chi connectivity index (χ1v) is 13.6. The first kappa shape index (κ1) is 32.7. The topological polar surface area (TPSA) is 149 Å². The third kappa shape index (κ3) is 19.1. The van der Waals surface area contributed by atoms with Gasteiger partial charge in [0.2, 0.25) is 0 Å². The fourth-order valence-electron chi connectivity index (χ4n) is 2.77. The maximum Gasteiger partial charge on any atom is 0.472 e. The number of carbonyl (C=O) groups excluding carboxylic acids is 2. The number of phosphoric ester groups is 1. The number of rotatable bonds is 22. The summed E-state index contributed by atoms with van der Waals surface area (Å²) in [6.45, 7) is 1.43. The van der Waals surface area contributed by atoms with Gasteiger partial charge in [-0.25, -0.2) is 4.57 Å². The molecule has 11 heteroatoms. The maximum atomic E-state index is 11.9. The van der Waals surface area contributed by atoms with Crippen LogP contribution < -0.4 is 0 Å². The monoisotopic (exact) mass is 510 g/mol. The van der Waals surface area contributed by atoms with Crippen molar-refractivity contribution in [1.82, 2.24) is 0 Å².